The maximum absolute atomic E-state index is 13.5. The summed E-state index contributed by atoms with van der Waals surface area (Å²) in [5.41, 5.74) is -3.67. The van der Waals surface area contributed by atoms with E-state index < -0.39 is 35.2 Å². The van der Waals surface area contributed by atoms with Gasteiger partial charge in [0.2, 0.25) is 5.95 Å². The van der Waals surface area contributed by atoms with Gasteiger partial charge in [0.25, 0.3) is 0 Å². The van der Waals surface area contributed by atoms with Crippen LogP contribution >= 0.6 is 15.9 Å². The molecule has 0 spiro atoms. The number of carbonyl (C=O) groups is 1. The van der Waals surface area contributed by atoms with Crippen LogP contribution in [0.4, 0.5) is 37.1 Å². The number of hydrogen-bond acceptors (Lipinski definition) is 5. The third-order valence-corrected chi connectivity index (χ3v) is 6.49. The van der Waals surface area contributed by atoms with Gasteiger partial charge in [0, 0.05) is 37.1 Å². The Hall–Kier alpha value is -2.57. The summed E-state index contributed by atoms with van der Waals surface area (Å²) in [6.07, 6.45) is -6.78. The summed E-state index contributed by atoms with van der Waals surface area (Å²) < 4.78 is 86.9. The van der Waals surface area contributed by atoms with Gasteiger partial charge >= 0.3 is 18.4 Å². The first-order valence-electron chi connectivity index (χ1n) is 11.9. The predicted molar refractivity (Wildman–Crippen MR) is 132 cm³/mol. The van der Waals surface area contributed by atoms with Gasteiger partial charge in [0.1, 0.15) is 5.60 Å². The Balaban J connectivity index is 1.99. The van der Waals surface area contributed by atoms with Crippen molar-refractivity contribution in [1.82, 2.24) is 14.9 Å². The van der Waals surface area contributed by atoms with Crippen molar-refractivity contribution in [3.05, 3.63) is 51.8 Å². The minimum Gasteiger partial charge on any atom is -0.444 e. The van der Waals surface area contributed by atoms with E-state index in [1.807, 2.05) is 13.8 Å². The second-order valence-electron chi connectivity index (χ2n) is 10.5. The number of hydrogen-bond donors (Lipinski definition) is 0. The molecule has 3 atom stereocenters. The lowest BCUT2D eigenvalue weighted by atomic mass is 9.91. The molecule has 0 radical (unpaired) electrons. The number of ether oxygens (including phenoxy) is 1. The molecule has 0 N–H and O–H groups in total. The number of rotatable bonds is 4. The molecule has 3 rings (SSSR count). The highest BCUT2D eigenvalue weighted by atomic mass is 79.9. The van der Waals surface area contributed by atoms with E-state index in [0.717, 1.165) is 0 Å². The molecule has 1 amide bonds. The van der Waals surface area contributed by atoms with Crippen molar-refractivity contribution in [2.45, 2.75) is 90.1 Å². The van der Waals surface area contributed by atoms with Crippen LogP contribution in [0.1, 0.15) is 64.2 Å². The summed E-state index contributed by atoms with van der Waals surface area (Å²) in [4.78, 5) is 24.6. The van der Waals surface area contributed by atoms with E-state index in [1.54, 1.807) is 30.6 Å². The number of benzene rings is 1. The third kappa shape index (κ3) is 7.51. The first-order valence-corrected chi connectivity index (χ1v) is 12.7. The van der Waals surface area contributed by atoms with E-state index in [-0.39, 0.29) is 42.2 Å². The van der Waals surface area contributed by atoms with Gasteiger partial charge in [-0.15, -0.1) is 0 Å². The number of amides is 1. The van der Waals surface area contributed by atoms with Gasteiger partial charge in [0.05, 0.1) is 15.6 Å². The van der Waals surface area contributed by atoms with Crippen molar-refractivity contribution in [1.29, 1.82) is 0 Å². The highest BCUT2D eigenvalue weighted by Crippen LogP contribution is 2.38. The molecule has 0 saturated carbocycles. The van der Waals surface area contributed by atoms with Crippen LogP contribution in [-0.2, 0) is 23.6 Å². The number of piperidine rings is 1. The first-order chi connectivity index (χ1) is 17.3. The number of carbonyl (C=O) groups excluding carboxylic acids is 1. The molecule has 13 heteroatoms. The number of nitrogens with zero attached hydrogens (tertiary/aromatic N) is 4. The zero-order chi connectivity index (χ0) is 28.6. The summed E-state index contributed by atoms with van der Waals surface area (Å²) in [5.74, 6) is 0.147. The molecule has 1 fully saturated rings. The molecule has 6 nitrogen and oxygen atoms in total. The van der Waals surface area contributed by atoms with E-state index >= 15 is 0 Å². The molecule has 2 aromatic rings. The minimum atomic E-state index is -4.96. The monoisotopic (exact) mass is 610 g/mol. The highest BCUT2D eigenvalue weighted by Gasteiger charge is 2.40. The maximum atomic E-state index is 13.5. The summed E-state index contributed by atoms with van der Waals surface area (Å²) in [7, 11) is 0. The fraction of sp³-hybridized carbons (Fsp3) is 0.560. The standard InChI is InChI=1S/C25H29BrF6N4O2/c1-14-6-20(7-15(2)36(14)22(37)38-23(3,4)5)35(21-33-11-19(26)12-34-21)13-16-8-17(24(27,28)29)10-18(9-16)25(30,31)32/h8-12,14-15,20H,6-7,13H2,1-5H3/t14-,15+,20?. The van der Waals surface area contributed by atoms with Gasteiger partial charge in [-0.25, -0.2) is 14.8 Å². The SMILES string of the molecule is C[C@@H]1CC(N(Cc2cc(C(F)(F)F)cc(C(F)(F)F)c2)c2ncc(Br)cn2)C[C@H](C)N1C(=O)OC(C)(C)C. The van der Waals surface area contributed by atoms with Gasteiger partial charge < -0.3 is 14.5 Å². The van der Waals surface area contributed by atoms with Gasteiger partial charge in [0.15, 0.2) is 0 Å². The van der Waals surface area contributed by atoms with E-state index in [0.29, 0.717) is 29.4 Å². The van der Waals surface area contributed by atoms with Crippen LogP contribution < -0.4 is 4.90 Å². The number of halogens is 7. The Bertz CT molecular complexity index is 1090. The second-order valence-corrected chi connectivity index (χ2v) is 11.4. The Morgan fingerprint density at radius 3 is 1.87 bits per heavy atom. The van der Waals surface area contributed by atoms with Crippen molar-refractivity contribution in [2.75, 3.05) is 4.90 Å². The molecule has 0 aliphatic carbocycles. The zero-order valence-corrected chi connectivity index (χ0v) is 23.1. The van der Waals surface area contributed by atoms with Crippen molar-refractivity contribution in [2.24, 2.45) is 0 Å². The fourth-order valence-corrected chi connectivity index (χ4v) is 4.80. The van der Waals surface area contributed by atoms with Crippen LogP contribution in [0.25, 0.3) is 0 Å². The number of anilines is 1. The maximum Gasteiger partial charge on any atom is 0.416 e. The highest BCUT2D eigenvalue weighted by molar-refractivity contribution is 9.10. The molecule has 1 unspecified atom stereocenters. The average Bonchev–Trinajstić information content (AvgIpc) is 2.75. The molecule has 2 heterocycles. The molecular weight excluding hydrogens is 582 g/mol. The molecule has 1 aromatic heterocycles. The van der Waals surface area contributed by atoms with E-state index in [1.165, 1.54) is 12.4 Å². The van der Waals surface area contributed by atoms with Crippen LogP contribution in [0.2, 0.25) is 0 Å². The lowest BCUT2D eigenvalue weighted by Gasteiger charge is -2.46. The molecule has 1 aromatic carbocycles. The Labute approximate surface area is 225 Å². The Morgan fingerprint density at radius 2 is 1.45 bits per heavy atom. The van der Waals surface area contributed by atoms with E-state index in [4.69, 9.17) is 4.74 Å². The van der Waals surface area contributed by atoms with E-state index in [9.17, 15) is 31.1 Å². The quantitative estimate of drug-likeness (QED) is 0.336. The Kier molecular flexibility index (Phi) is 8.59. The molecule has 210 valence electrons. The molecular formula is C25H29BrF6N4O2. The molecule has 1 aliphatic rings. The minimum absolute atomic E-state index is 0.105. The van der Waals surface area contributed by atoms with Gasteiger partial charge in [-0.3, -0.25) is 0 Å². The lowest BCUT2D eigenvalue weighted by molar-refractivity contribution is -0.143. The largest absolute Gasteiger partial charge is 0.444 e. The smallest absolute Gasteiger partial charge is 0.416 e. The number of likely N-dealkylation sites (tertiary alicyclic amines) is 1. The van der Waals surface area contributed by atoms with Gasteiger partial charge in [-0.1, -0.05) is 0 Å². The Morgan fingerprint density at radius 1 is 0.974 bits per heavy atom. The van der Waals surface area contributed by atoms with Gasteiger partial charge in [-0.05, 0) is 87.2 Å². The average molecular weight is 611 g/mol. The van der Waals surface area contributed by atoms with Crippen LogP contribution in [-0.4, -0.2) is 44.7 Å². The van der Waals surface area contributed by atoms with Crippen molar-refractivity contribution in [3.63, 3.8) is 0 Å². The van der Waals surface area contributed by atoms with Crippen molar-refractivity contribution < 1.29 is 35.9 Å². The van der Waals surface area contributed by atoms with Gasteiger partial charge in [-0.2, -0.15) is 26.3 Å². The lowest BCUT2D eigenvalue weighted by Crippen LogP contribution is -2.56. The third-order valence-electron chi connectivity index (χ3n) is 6.09. The summed E-state index contributed by atoms with van der Waals surface area (Å²) in [6.45, 7) is 8.60. The molecule has 1 aliphatic heterocycles. The van der Waals surface area contributed by atoms with Crippen LogP contribution in [0, 0.1) is 0 Å². The topological polar surface area (TPSA) is 58.6 Å². The summed E-state index contributed by atoms with van der Waals surface area (Å²) >= 11 is 3.24. The molecule has 1 saturated heterocycles. The predicted octanol–water partition coefficient (Wildman–Crippen LogP) is 7.46. The summed E-state index contributed by atoms with van der Waals surface area (Å²) in [5, 5.41) is 0. The molecule has 0 bridgehead atoms. The first kappa shape index (κ1) is 30.0. The van der Waals surface area contributed by atoms with Crippen LogP contribution in [0.5, 0.6) is 0 Å². The number of alkyl halides is 6. The normalized spacial score (nSPS) is 20.8. The van der Waals surface area contributed by atoms with Crippen LogP contribution in [0.15, 0.2) is 35.1 Å². The summed E-state index contributed by atoms with van der Waals surface area (Å²) in [6, 6.07) is 0.484. The van der Waals surface area contributed by atoms with E-state index in [2.05, 4.69) is 25.9 Å². The van der Waals surface area contributed by atoms with Crippen molar-refractivity contribution >= 4 is 28.0 Å². The number of aromatic nitrogens is 2. The zero-order valence-electron chi connectivity index (χ0n) is 21.5. The van der Waals surface area contributed by atoms with Crippen molar-refractivity contribution in [3.8, 4) is 0 Å². The van der Waals surface area contributed by atoms with Crippen LogP contribution in [0.3, 0.4) is 0 Å². The molecule has 38 heavy (non-hydrogen) atoms. The second kappa shape index (κ2) is 10.9. The fourth-order valence-electron chi connectivity index (χ4n) is 4.60.